The predicted molar refractivity (Wildman–Crippen MR) is 156 cm³/mol. The summed E-state index contributed by atoms with van der Waals surface area (Å²) in [6.45, 7) is 1.43. The van der Waals surface area contributed by atoms with E-state index in [1.54, 1.807) is 25.3 Å². The monoisotopic (exact) mass is 606 g/mol. The molecule has 0 aliphatic carbocycles. The molecule has 0 fully saturated rings. The lowest BCUT2D eigenvalue weighted by Crippen LogP contribution is -2.30. The third-order valence-electron chi connectivity index (χ3n) is 6.04. The molecule has 1 atom stereocenters. The van der Waals surface area contributed by atoms with E-state index in [1.165, 1.54) is 43.3 Å². The fourth-order valence-corrected chi connectivity index (χ4v) is 4.93. The number of H-pyrrole nitrogens is 1. The van der Waals surface area contributed by atoms with Gasteiger partial charge in [-0.2, -0.15) is 0 Å². The van der Waals surface area contributed by atoms with Gasteiger partial charge in [0.25, 0.3) is 15.9 Å². The van der Waals surface area contributed by atoms with Crippen LogP contribution in [0.15, 0.2) is 83.8 Å². The van der Waals surface area contributed by atoms with Gasteiger partial charge in [0.1, 0.15) is 11.6 Å². The second-order valence-corrected chi connectivity index (χ2v) is 11.0. The number of halogens is 1. The van der Waals surface area contributed by atoms with E-state index in [4.69, 9.17) is 21.1 Å². The Bertz CT molecular complexity index is 1860. The molecule has 0 bridgehead atoms. The highest BCUT2D eigenvalue weighted by Crippen LogP contribution is 2.24. The Kier molecular flexibility index (Phi) is 8.04. The summed E-state index contributed by atoms with van der Waals surface area (Å²) in [7, 11) is -2.37. The molecular weight excluding hydrogens is 584 g/mol. The van der Waals surface area contributed by atoms with Crippen LogP contribution in [0.25, 0.3) is 22.4 Å². The van der Waals surface area contributed by atoms with Gasteiger partial charge in [-0.1, -0.05) is 11.6 Å². The second kappa shape index (κ2) is 11.8. The number of anilines is 2. The second-order valence-electron chi connectivity index (χ2n) is 8.95. The average molecular weight is 607 g/mol. The molecule has 0 radical (unpaired) electrons. The van der Waals surface area contributed by atoms with Crippen molar-refractivity contribution in [2.24, 2.45) is 0 Å². The van der Waals surface area contributed by atoms with Crippen molar-refractivity contribution in [3.63, 3.8) is 0 Å². The van der Waals surface area contributed by atoms with Gasteiger partial charge in [0.05, 0.1) is 28.6 Å². The van der Waals surface area contributed by atoms with Crippen molar-refractivity contribution >= 4 is 56.0 Å². The number of benzene rings is 3. The van der Waals surface area contributed by atoms with E-state index in [1.807, 2.05) is 24.3 Å². The average Bonchev–Trinajstić information content (AvgIpc) is 3.42. The van der Waals surface area contributed by atoms with Gasteiger partial charge in [0.2, 0.25) is 0 Å². The van der Waals surface area contributed by atoms with Crippen molar-refractivity contribution in [1.29, 1.82) is 0 Å². The van der Waals surface area contributed by atoms with Gasteiger partial charge in [0, 0.05) is 11.3 Å². The number of amides is 1. The minimum Gasteiger partial charge on any atom is -0.497 e. The van der Waals surface area contributed by atoms with Crippen LogP contribution < -0.4 is 14.8 Å². The van der Waals surface area contributed by atoms with Crippen LogP contribution in [-0.4, -0.2) is 53.7 Å². The molecule has 0 saturated heterocycles. The van der Waals surface area contributed by atoms with Crippen molar-refractivity contribution in [1.82, 2.24) is 20.2 Å². The van der Waals surface area contributed by atoms with E-state index in [0.29, 0.717) is 22.5 Å². The molecule has 3 aromatic carbocycles. The number of aromatic amines is 1. The molecule has 5 aromatic rings. The van der Waals surface area contributed by atoms with Crippen molar-refractivity contribution in [3.8, 4) is 17.1 Å². The van der Waals surface area contributed by atoms with E-state index in [0.717, 1.165) is 11.3 Å². The molecule has 14 heteroatoms. The molecule has 0 spiro atoms. The van der Waals surface area contributed by atoms with Crippen LogP contribution in [0.4, 0.5) is 11.5 Å². The van der Waals surface area contributed by atoms with E-state index >= 15 is 0 Å². The number of carbonyl (C=O) groups excluding carboxylic acids is 2. The number of methoxy groups -OCH3 is 1. The number of esters is 1. The SMILES string of the molecule is COc1ccc(-c2nc3ccc(C(=O)OC(C)C(=O)Nc4ccc(S(=O)(=O)Nc5ccc(Cl)nn5)cc4)cc3[nH]2)cc1. The van der Waals surface area contributed by atoms with Crippen LogP contribution >= 0.6 is 11.6 Å². The summed E-state index contributed by atoms with van der Waals surface area (Å²) in [4.78, 5) is 33.1. The Morgan fingerprint density at radius 3 is 2.36 bits per heavy atom. The summed E-state index contributed by atoms with van der Waals surface area (Å²) >= 11 is 5.67. The van der Waals surface area contributed by atoms with Crippen molar-refractivity contribution in [3.05, 3.63) is 89.6 Å². The number of ether oxygens (including phenoxy) is 2. The van der Waals surface area contributed by atoms with Gasteiger partial charge in [-0.15, -0.1) is 10.2 Å². The third kappa shape index (κ3) is 6.48. The first-order valence-corrected chi connectivity index (χ1v) is 14.3. The molecular formula is C28H23ClN6O6S. The van der Waals surface area contributed by atoms with Gasteiger partial charge in [-0.05, 0) is 85.8 Å². The largest absolute Gasteiger partial charge is 0.497 e. The van der Waals surface area contributed by atoms with Crippen molar-refractivity contribution < 1.29 is 27.5 Å². The Morgan fingerprint density at radius 1 is 0.952 bits per heavy atom. The highest BCUT2D eigenvalue weighted by molar-refractivity contribution is 7.92. The summed E-state index contributed by atoms with van der Waals surface area (Å²) in [5.41, 5.74) is 2.67. The first-order chi connectivity index (χ1) is 20.1. The highest BCUT2D eigenvalue weighted by Gasteiger charge is 2.21. The number of nitrogens with one attached hydrogen (secondary N) is 3. The molecule has 42 heavy (non-hydrogen) atoms. The lowest BCUT2D eigenvalue weighted by molar-refractivity contribution is -0.123. The zero-order chi connectivity index (χ0) is 29.9. The summed E-state index contributed by atoms with van der Waals surface area (Å²) < 4.78 is 38.0. The van der Waals surface area contributed by atoms with Crippen molar-refractivity contribution in [2.75, 3.05) is 17.1 Å². The number of carbonyl (C=O) groups is 2. The number of fused-ring (bicyclic) bond motifs is 1. The fraction of sp³-hybridized carbons (Fsp3) is 0.107. The zero-order valence-corrected chi connectivity index (χ0v) is 23.7. The third-order valence-corrected chi connectivity index (χ3v) is 7.61. The fourth-order valence-electron chi connectivity index (χ4n) is 3.83. The lowest BCUT2D eigenvalue weighted by Gasteiger charge is -2.14. The molecule has 12 nitrogen and oxygen atoms in total. The Hall–Kier alpha value is -5.01. The van der Waals surface area contributed by atoms with E-state index in [9.17, 15) is 18.0 Å². The zero-order valence-electron chi connectivity index (χ0n) is 22.2. The number of aromatic nitrogens is 4. The lowest BCUT2D eigenvalue weighted by atomic mass is 10.2. The smallest absolute Gasteiger partial charge is 0.338 e. The Morgan fingerprint density at radius 2 is 1.69 bits per heavy atom. The van der Waals surface area contributed by atoms with E-state index in [-0.39, 0.29) is 21.4 Å². The standard InChI is InChI=1S/C28H23ClN6O6S/c1-16(27(36)30-19-6-10-21(11-7-19)42(38,39)35-25-14-13-24(29)33-34-25)41-28(37)18-5-12-22-23(15-18)32-26(31-22)17-3-8-20(40-2)9-4-17/h3-16H,1-2H3,(H,30,36)(H,31,32)(H,34,35). The maximum absolute atomic E-state index is 12.8. The summed E-state index contributed by atoms with van der Waals surface area (Å²) in [5.74, 6) is 0.0492. The molecule has 5 rings (SSSR count). The highest BCUT2D eigenvalue weighted by atomic mass is 35.5. The number of nitrogens with zero attached hydrogens (tertiary/aromatic N) is 3. The predicted octanol–water partition coefficient (Wildman–Crippen LogP) is 4.67. The van der Waals surface area contributed by atoms with Gasteiger partial charge in [-0.25, -0.2) is 18.2 Å². The van der Waals surface area contributed by atoms with Gasteiger partial charge >= 0.3 is 5.97 Å². The van der Waals surface area contributed by atoms with Gasteiger partial charge < -0.3 is 19.8 Å². The first-order valence-electron chi connectivity index (χ1n) is 12.4. The minimum atomic E-state index is -3.96. The van der Waals surface area contributed by atoms with Crippen LogP contribution in [0.3, 0.4) is 0 Å². The summed E-state index contributed by atoms with van der Waals surface area (Å²) in [5, 5.41) is 9.97. The summed E-state index contributed by atoms with van der Waals surface area (Å²) in [6, 6.07) is 20.4. The van der Waals surface area contributed by atoms with E-state index < -0.39 is 28.0 Å². The molecule has 0 aliphatic heterocycles. The molecule has 0 aliphatic rings. The van der Waals surface area contributed by atoms with Crippen molar-refractivity contribution in [2.45, 2.75) is 17.9 Å². The van der Waals surface area contributed by atoms with Crippen LogP contribution in [-0.2, 0) is 19.6 Å². The summed E-state index contributed by atoms with van der Waals surface area (Å²) in [6.07, 6.45) is -1.14. The Balaban J connectivity index is 1.20. The van der Waals surface area contributed by atoms with Crippen LogP contribution in [0.2, 0.25) is 5.15 Å². The molecule has 3 N–H and O–H groups in total. The van der Waals surface area contributed by atoms with Gasteiger partial charge in [0.15, 0.2) is 17.1 Å². The van der Waals surface area contributed by atoms with Crippen LogP contribution in [0.1, 0.15) is 17.3 Å². The normalized spacial score (nSPS) is 12.0. The minimum absolute atomic E-state index is 0.00298. The number of rotatable bonds is 9. The Labute approximate surface area is 245 Å². The number of hydrogen-bond donors (Lipinski definition) is 3. The quantitative estimate of drug-likeness (QED) is 0.202. The number of sulfonamides is 1. The molecule has 214 valence electrons. The maximum Gasteiger partial charge on any atom is 0.338 e. The van der Waals surface area contributed by atoms with Gasteiger partial charge in [-0.3, -0.25) is 9.52 Å². The van der Waals surface area contributed by atoms with E-state index in [2.05, 4.69) is 30.2 Å². The van der Waals surface area contributed by atoms with Crippen LogP contribution in [0, 0.1) is 0 Å². The molecule has 1 amide bonds. The first kappa shape index (κ1) is 28.5. The van der Waals surface area contributed by atoms with Crippen LogP contribution in [0.5, 0.6) is 5.75 Å². The number of hydrogen-bond acceptors (Lipinski definition) is 9. The number of imidazole rings is 1. The molecule has 1 unspecified atom stereocenters. The molecule has 2 heterocycles. The molecule has 0 saturated carbocycles. The topological polar surface area (TPSA) is 165 Å². The maximum atomic E-state index is 12.8. The molecule has 2 aromatic heterocycles.